The third kappa shape index (κ3) is 5.83. The van der Waals surface area contributed by atoms with Crippen LogP contribution in [0.2, 0.25) is 10.0 Å². The number of halogens is 2. The lowest BCUT2D eigenvalue weighted by atomic mass is 10.1. The Morgan fingerprint density at radius 1 is 1.23 bits per heavy atom. The van der Waals surface area contributed by atoms with Crippen molar-refractivity contribution >= 4 is 35.0 Å². The Balaban J connectivity index is 2.61. The van der Waals surface area contributed by atoms with Crippen molar-refractivity contribution in [1.29, 1.82) is 0 Å². The lowest BCUT2D eigenvalue weighted by Gasteiger charge is -2.21. The van der Waals surface area contributed by atoms with Crippen LogP contribution in [0.3, 0.4) is 0 Å². The summed E-state index contributed by atoms with van der Waals surface area (Å²) in [5, 5.41) is 6.48. The molecule has 0 spiro atoms. The van der Waals surface area contributed by atoms with Crippen molar-refractivity contribution in [1.82, 2.24) is 15.5 Å². The van der Waals surface area contributed by atoms with Crippen molar-refractivity contribution in [3.8, 4) is 0 Å². The molecule has 1 rings (SSSR count). The van der Waals surface area contributed by atoms with Crippen LogP contribution in [0, 0.1) is 0 Å². The molecule has 2 amide bonds. The SMILES string of the molecule is CCN(CC(=O)NC)CC(=O)N[C@@H](C)c1ccc(Cl)cc1Cl. The smallest absolute Gasteiger partial charge is 0.234 e. The van der Waals surface area contributed by atoms with E-state index in [4.69, 9.17) is 23.2 Å². The van der Waals surface area contributed by atoms with Gasteiger partial charge in [-0.15, -0.1) is 0 Å². The molecule has 0 aromatic heterocycles. The largest absolute Gasteiger partial charge is 0.358 e. The van der Waals surface area contributed by atoms with Crippen LogP contribution in [0.4, 0.5) is 0 Å². The maximum atomic E-state index is 12.1. The van der Waals surface area contributed by atoms with Gasteiger partial charge in [0.05, 0.1) is 19.1 Å². The normalized spacial score (nSPS) is 12.1. The Morgan fingerprint density at radius 2 is 1.86 bits per heavy atom. The van der Waals surface area contributed by atoms with Gasteiger partial charge in [-0.2, -0.15) is 0 Å². The van der Waals surface area contributed by atoms with Crippen molar-refractivity contribution in [2.24, 2.45) is 0 Å². The van der Waals surface area contributed by atoms with Gasteiger partial charge in [-0.3, -0.25) is 14.5 Å². The fourth-order valence-electron chi connectivity index (χ4n) is 1.98. The van der Waals surface area contributed by atoms with E-state index < -0.39 is 0 Å². The molecule has 0 aliphatic carbocycles. The molecule has 0 saturated carbocycles. The first-order valence-corrected chi connectivity index (χ1v) is 7.80. The van der Waals surface area contributed by atoms with Crippen LogP contribution < -0.4 is 10.6 Å². The summed E-state index contributed by atoms with van der Waals surface area (Å²) < 4.78 is 0. The predicted octanol–water partition coefficient (Wildman–Crippen LogP) is 2.24. The number of hydrogen-bond acceptors (Lipinski definition) is 3. The van der Waals surface area contributed by atoms with Gasteiger partial charge in [0.15, 0.2) is 0 Å². The van der Waals surface area contributed by atoms with Gasteiger partial charge in [-0.05, 0) is 31.2 Å². The number of benzene rings is 1. The summed E-state index contributed by atoms with van der Waals surface area (Å²) >= 11 is 12.0. The number of likely N-dealkylation sites (N-methyl/N-ethyl adjacent to an activating group) is 2. The molecular formula is C15H21Cl2N3O2. The highest BCUT2D eigenvalue weighted by Crippen LogP contribution is 2.25. The third-order valence-corrected chi connectivity index (χ3v) is 3.83. The molecule has 7 heteroatoms. The van der Waals surface area contributed by atoms with Crippen LogP contribution >= 0.6 is 23.2 Å². The molecule has 22 heavy (non-hydrogen) atoms. The van der Waals surface area contributed by atoms with Crippen molar-refractivity contribution in [3.05, 3.63) is 33.8 Å². The number of hydrogen-bond donors (Lipinski definition) is 2. The first kappa shape index (κ1) is 18.7. The summed E-state index contributed by atoms with van der Waals surface area (Å²) in [5.74, 6) is -0.285. The van der Waals surface area contributed by atoms with Gasteiger partial charge >= 0.3 is 0 Å². The lowest BCUT2D eigenvalue weighted by molar-refractivity contribution is -0.125. The minimum absolute atomic E-state index is 0.122. The number of carbonyl (C=O) groups is 2. The fourth-order valence-corrected chi connectivity index (χ4v) is 2.55. The number of nitrogens with one attached hydrogen (secondary N) is 2. The average molecular weight is 346 g/mol. The second kappa shape index (κ2) is 8.98. The van der Waals surface area contributed by atoms with Crippen molar-refractivity contribution in [2.45, 2.75) is 19.9 Å². The molecule has 0 heterocycles. The molecular weight excluding hydrogens is 325 g/mol. The van der Waals surface area contributed by atoms with Crippen LogP contribution in [-0.2, 0) is 9.59 Å². The van der Waals surface area contributed by atoms with Gasteiger partial charge in [0.2, 0.25) is 11.8 Å². The molecule has 1 aromatic carbocycles. The minimum atomic E-state index is -0.240. The molecule has 122 valence electrons. The van der Waals surface area contributed by atoms with Crippen molar-refractivity contribution in [3.63, 3.8) is 0 Å². The zero-order valence-electron chi connectivity index (χ0n) is 13.0. The van der Waals surface area contributed by atoms with Gasteiger partial charge in [0.25, 0.3) is 0 Å². The summed E-state index contributed by atoms with van der Waals surface area (Å²) in [7, 11) is 1.57. The summed E-state index contributed by atoms with van der Waals surface area (Å²) in [5.41, 5.74) is 0.800. The van der Waals surface area contributed by atoms with Gasteiger partial charge in [-0.25, -0.2) is 0 Å². The summed E-state index contributed by atoms with van der Waals surface area (Å²) in [6.07, 6.45) is 0. The van der Waals surface area contributed by atoms with E-state index >= 15 is 0 Å². The standard InChI is InChI=1S/C15H21Cl2N3O2/c1-4-20(8-14(21)18-3)9-15(22)19-10(2)12-6-5-11(16)7-13(12)17/h5-7,10H,4,8-9H2,1-3H3,(H,18,21)(H,19,22)/t10-/m0/s1. The van der Waals surface area contributed by atoms with E-state index in [1.807, 2.05) is 13.8 Å². The van der Waals surface area contributed by atoms with Crippen LogP contribution in [-0.4, -0.2) is 43.4 Å². The molecule has 0 radical (unpaired) electrons. The van der Waals surface area contributed by atoms with E-state index in [2.05, 4.69) is 10.6 Å². The van der Waals surface area contributed by atoms with Gasteiger partial charge in [0.1, 0.15) is 0 Å². The topological polar surface area (TPSA) is 61.4 Å². The van der Waals surface area contributed by atoms with Crippen LogP contribution in [0.1, 0.15) is 25.5 Å². The average Bonchev–Trinajstić information content (AvgIpc) is 2.45. The van der Waals surface area contributed by atoms with E-state index in [9.17, 15) is 9.59 Å². The van der Waals surface area contributed by atoms with Crippen molar-refractivity contribution < 1.29 is 9.59 Å². The number of rotatable bonds is 7. The first-order valence-electron chi connectivity index (χ1n) is 7.04. The number of nitrogens with zero attached hydrogens (tertiary/aromatic N) is 1. The Labute approximate surface area is 141 Å². The van der Waals surface area contributed by atoms with Gasteiger partial charge in [0, 0.05) is 17.1 Å². The summed E-state index contributed by atoms with van der Waals surface area (Å²) in [4.78, 5) is 25.2. The maximum Gasteiger partial charge on any atom is 0.234 e. The molecule has 0 saturated heterocycles. The zero-order valence-corrected chi connectivity index (χ0v) is 14.5. The van der Waals surface area contributed by atoms with E-state index in [1.54, 1.807) is 30.1 Å². The van der Waals surface area contributed by atoms with Crippen molar-refractivity contribution in [2.75, 3.05) is 26.7 Å². The molecule has 0 aliphatic heterocycles. The second-order valence-electron chi connectivity index (χ2n) is 4.93. The predicted molar refractivity (Wildman–Crippen MR) is 89.2 cm³/mol. The first-order chi connectivity index (χ1) is 10.4. The highest BCUT2D eigenvalue weighted by atomic mass is 35.5. The van der Waals surface area contributed by atoms with E-state index in [-0.39, 0.29) is 30.9 Å². The maximum absolute atomic E-state index is 12.1. The zero-order chi connectivity index (χ0) is 16.7. The highest BCUT2D eigenvalue weighted by molar-refractivity contribution is 6.35. The molecule has 0 aliphatic rings. The van der Waals surface area contributed by atoms with E-state index in [0.29, 0.717) is 16.6 Å². The van der Waals surface area contributed by atoms with Crippen LogP contribution in [0.5, 0.6) is 0 Å². The Hall–Kier alpha value is -1.30. The molecule has 1 atom stereocenters. The Morgan fingerprint density at radius 3 is 2.41 bits per heavy atom. The highest BCUT2D eigenvalue weighted by Gasteiger charge is 2.16. The third-order valence-electron chi connectivity index (χ3n) is 3.27. The van der Waals surface area contributed by atoms with E-state index in [1.165, 1.54) is 0 Å². The number of carbonyl (C=O) groups excluding carboxylic acids is 2. The molecule has 0 bridgehead atoms. The summed E-state index contributed by atoms with van der Waals surface area (Å²) in [6, 6.07) is 4.92. The fraction of sp³-hybridized carbons (Fsp3) is 0.467. The van der Waals surface area contributed by atoms with Crippen LogP contribution in [0.25, 0.3) is 0 Å². The molecule has 5 nitrogen and oxygen atoms in total. The molecule has 2 N–H and O–H groups in total. The molecule has 0 unspecified atom stereocenters. The Bertz CT molecular complexity index is 538. The quantitative estimate of drug-likeness (QED) is 0.796. The molecule has 0 fully saturated rings. The Kier molecular flexibility index (Phi) is 7.65. The monoisotopic (exact) mass is 345 g/mol. The lowest BCUT2D eigenvalue weighted by Crippen LogP contribution is -2.42. The number of amides is 2. The molecule has 1 aromatic rings. The van der Waals surface area contributed by atoms with E-state index in [0.717, 1.165) is 5.56 Å². The van der Waals surface area contributed by atoms with Gasteiger partial charge < -0.3 is 10.6 Å². The van der Waals surface area contributed by atoms with Crippen LogP contribution in [0.15, 0.2) is 18.2 Å². The summed E-state index contributed by atoms with van der Waals surface area (Å²) in [6.45, 7) is 4.70. The minimum Gasteiger partial charge on any atom is -0.358 e. The second-order valence-corrected chi connectivity index (χ2v) is 5.78. The van der Waals surface area contributed by atoms with Gasteiger partial charge in [-0.1, -0.05) is 36.2 Å².